The molecule has 1 aliphatic heterocycles. The van der Waals surface area contributed by atoms with E-state index in [1.54, 1.807) is 6.07 Å². The van der Waals surface area contributed by atoms with E-state index in [-0.39, 0.29) is 11.9 Å². The van der Waals surface area contributed by atoms with Crippen LogP contribution in [0.1, 0.15) is 52.7 Å². The summed E-state index contributed by atoms with van der Waals surface area (Å²) in [6.07, 6.45) is 5.02. The van der Waals surface area contributed by atoms with E-state index >= 15 is 0 Å². The summed E-state index contributed by atoms with van der Waals surface area (Å²) in [4.78, 5) is 19.7. The van der Waals surface area contributed by atoms with Crippen LogP contribution in [0.15, 0.2) is 36.4 Å². The number of carbonyl (C=O) groups excluding carboxylic acids is 1. The van der Waals surface area contributed by atoms with Crippen LogP contribution < -0.4 is 4.90 Å². The summed E-state index contributed by atoms with van der Waals surface area (Å²) in [7, 11) is 6.17. The number of halogens is 1. The Bertz CT molecular complexity index is 1040. The summed E-state index contributed by atoms with van der Waals surface area (Å²) >= 11 is 6.23. The van der Waals surface area contributed by atoms with Crippen molar-refractivity contribution in [1.82, 2.24) is 9.80 Å². The minimum absolute atomic E-state index is 0.127. The van der Waals surface area contributed by atoms with Gasteiger partial charge in [0.05, 0.1) is 10.6 Å². The second-order valence-corrected chi connectivity index (χ2v) is 9.64. The highest BCUT2D eigenvalue weighted by atomic mass is 35.5. The fourth-order valence-corrected chi connectivity index (χ4v) is 5.27. The molecule has 32 heavy (non-hydrogen) atoms. The van der Waals surface area contributed by atoms with Crippen LogP contribution in [-0.2, 0) is 13.0 Å². The van der Waals surface area contributed by atoms with E-state index < -0.39 is 0 Å². The van der Waals surface area contributed by atoms with Gasteiger partial charge in [-0.05, 0) is 80.6 Å². The lowest BCUT2D eigenvalue weighted by Crippen LogP contribution is -2.44. The van der Waals surface area contributed by atoms with E-state index in [1.165, 1.54) is 11.1 Å². The van der Waals surface area contributed by atoms with E-state index in [1.807, 2.05) is 30.1 Å². The molecule has 0 unspecified atom stereocenters. The van der Waals surface area contributed by atoms with Crippen molar-refractivity contribution >= 4 is 23.2 Å². The van der Waals surface area contributed by atoms with E-state index in [4.69, 9.17) is 16.9 Å². The average Bonchev–Trinajstić information content (AvgIpc) is 2.82. The number of nitrogens with zero attached hydrogens (tertiary/aromatic N) is 4. The van der Waals surface area contributed by atoms with Crippen molar-refractivity contribution in [3.63, 3.8) is 0 Å². The second kappa shape index (κ2) is 9.52. The first-order valence-corrected chi connectivity index (χ1v) is 11.7. The Morgan fingerprint density at radius 2 is 1.78 bits per heavy atom. The topological polar surface area (TPSA) is 50.6 Å². The lowest BCUT2D eigenvalue weighted by atomic mass is 9.89. The molecule has 5 nitrogen and oxygen atoms in total. The molecule has 0 spiro atoms. The van der Waals surface area contributed by atoms with Crippen LogP contribution in [-0.4, -0.2) is 55.5 Å². The van der Waals surface area contributed by atoms with Crippen molar-refractivity contribution in [3.8, 4) is 6.07 Å². The molecule has 6 heteroatoms. The maximum absolute atomic E-state index is 13.2. The summed E-state index contributed by atoms with van der Waals surface area (Å²) in [5.74, 6) is 0.127. The highest BCUT2D eigenvalue weighted by Gasteiger charge is 2.29. The van der Waals surface area contributed by atoms with Crippen molar-refractivity contribution in [2.24, 2.45) is 0 Å². The van der Waals surface area contributed by atoms with Crippen LogP contribution in [0.3, 0.4) is 0 Å². The van der Waals surface area contributed by atoms with Crippen LogP contribution in [0, 0.1) is 11.3 Å². The predicted octanol–water partition coefficient (Wildman–Crippen LogP) is 4.72. The maximum Gasteiger partial charge on any atom is 0.253 e. The zero-order valence-corrected chi connectivity index (χ0v) is 19.9. The third-order valence-corrected chi connectivity index (χ3v) is 7.53. The fourth-order valence-electron chi connectivity index (χ4n) is 5.05. The van der Waals surface area contributed by atoms with Gasteiger partial charge in [-0.3, -0.25) is 4.79 Å². The highest BCUT2D eigenvalue weighted by Crippen LogP contribution is 2.31. The minimum Gasteiger partial charge on any atom is -0.372 e. The number of rotatable bonds is 4. The average molecular weight is 451 g/mol. The number of fused-ring (bicyclic) bond motifs is 1. The van der Waals surface area contributed by atoms with Crippen molar-refractivity contribution in [2.75, 3.05) is 32.6 Å². The van der Waals surface area contributed by atoms with E-state index in [2.05, 4.69) is 42.1 Å². The third-order valence-electron chi connectivity index (χ3n) is 7.22. The molecule has 1 aliphatic carbocycles. The zero-order valence-electron chi connectivity index (χ0n) is 19.1. The normalized spacial score (nSPS) is 20.8. The first kappa shape index (κ1) is 22.6. The van der Waals surface area contributed by atoms with Crippen molar-refractivity contribution in [2.45, 2.75) is 50.7 Å². The fraction of sp³-hybridized carbons (Fsp3) is 0.462. The summed E-state index contributed by atoms with van der Waals surface area (Å²) in [5, 5.41) is 9.58. The number of carbonyl (C=O) groups is 1. The standard InChI is InChI=1S/C26H31ClN4O/c1-29-13-12-18-14-19(4-5-21(18)17-29)26(32)31(3)23-10-8-22(9-11-23)30(2)24-7-6-20(16-28)25(27)15-24/h4-7,14-15,22-23H,8-13,17H2,1-3H3. The van der Waals surface area contributed by atoms with Crippen molar-refractivity contribution in [1.29, 1.82) is 5.26 Å². The Morgan fingerprint density at radius 3 is 2.47 bits per heavy atom. The van der Waals surface area contributed by atoms with E-state index in [0.29, 0.717) is 16.6 Å². The van der Waals surface area contributed by atoms with Gasteiger partial charge in [0.25, 0.3) is 5.91 Å². The quantitative estimate of drug-likeness (QED) is 0.676. The van der Waals surface area contributed by atoms with Gasteiger partial charge >= 0.3 is 0 Å². The predicted molar refractivity (Wildman–Crippen MR) is 129 cm³/mol. The smallest absolute Gasteiger partial charge is 0.253 e. The Balaban J connectivity index is 1.37. The SMILES string of the molecule is CN1CCc2cc(C(=O)N(C)C3CCC(N(C)c4ccc(C#N)c(Cl)c4)CC3)ccc2C1. The Morgan fingerprint density at radius 1 is 1.06 bits per heavy atom. The molecule has 0 saturated heterocycles. The van der Waals surface area contributed by atoms with Crippen molar-refractivity contribution in [3.05, 3.63) is 63.7 Å². The Kier molecular flexibility index (Phi) is 6.74. The van der Waals surface area contributed by atoms with Crippen LogP contribution in [0.4, 0.5) is 5.69 Å². The van der Waals surface area contributed by atoms with Gasteiger partial charge in [0.2, 0.25) is 0 Å². The largest absolute Gasteiger partial charge is 0.372 e. The first-order valence-electron chi connectivity index (χ1n) is 11.4. The zero-order chi connectivity index (χ0) is 22.8. The van der Waals surface area contributed by atoms with Crippen LogP contribution >= 0.6 is 11.6 Å². The monoisotopic (exact) mass is 450 g/mol. The Hall–Kier alpha value is -2.55. The van der Waals surface area contributed by atoms with Crippen LogP contribution in [0.25, 0.3) is 0 Å². The molecule has 0 aromatic heterocycles. The lowest BCUT2D eigenvalue weighted by molar-refractivity contribution is 0.0689. The molecule has 1 amide bonds. The Labute approximate surface area is 196 Å². The van der Waals surface area contributed by atoms with Gasteiger partial charge in [-0.25, -0.2) is 0 Å². The number of nitriles is 1. The third kappa shape index (κ3) is 4.62. The molecule has 1 saturated carbocycles. The maximum atomic E-state index is 13.2. The van der Waals surface area contributed by atoms with E-state index in [0.717, 1.165) is 56.4 Å². The summed E-state index contributed by atoms with van der Waals surface area (Å²) in [5.41, 5.74) is 4.99. The molecular formula is C26H31ClN4O. The molecule has 4 rings (SSSR count). The number of amides is 1. The molecular weight excluding hydrogens is 420 g/mol. The first-order chi connectivity index (χ1) is 15.4. The number of hydrogen-bond acceptors (Lipinski definition) is 4. The van der Waals surface area contributed by atoms with Gasteiger partial charge in [0.15, 0.2) is 0 Å². The molecule has 1 fully saturated rings. The molecule has 2 aromatic carbocycles. The number of hydrogen-bond donors (Lipinski definition) is 0. The second-order valence-electron chi connectivity index (χ2n) is 9.24. The van der Waals surface area contributed by atoms with Gasteiger partial charge < -0.3 is 14.7 Å². The van der Waals surface area contributed by atoms with Gasteiger partial charge in [-0.15, -0.1) is 0 Å². The number of likely N-dealkylation sites (N-methyl/N-ethyl adjacent to an activating group) is 1. The van der Waals surface area contributed by atoms with Crippen LogP contribution in [0.5, 0.6) is 0 Å². The van der Waals surface area contributed by atoms with Gasteiger partial charge in [0, 0.05) is 50.5 Å². The molecule has 0 N–H and O–H groups in total. The molecule has 0 atom stereocenters. The summed E-state index contributed by atoms with van der Waals surface area (Å²) < 4.78 is 0. The van der Waals surface area contributed by atoms with Crippen molar-refractivity contribution < 1.29 is 4.79 Å². The van der Waals surface area contributed by atoms with Gasteiger partial charge in [-0.2, -0.15) is 5.26 Å². The van der Waals surface area contributed by atoms with Gasteiger partial charge in [0.1, 0.15) is 6.07 Å². The molecule has 1 heterocycles. The number of benzene rings is 2. The van der Waals surface area contributed by atoms with Crippen LogP contribution in [0.2, 0.25) is 5.02 Å². The summed E-state index contributed by atoms with van der Waals surface area (Å²) in [6, 6.07) is 14.6. The van der Waals surface area contributed by atoms with Gasteiger partial charge in [-0.1, -0.05) is 17.7 Å². The molecule has 2 aliphatic rings. The minimum atomic E-state index is 0.127. The highest BCUT2D eigenvalue weighted by molar-refractivity contribution is 6.32. The molecule has 2 aromatic rings. The molecule has 168 valence electrons. The summed E-state index contributed by atoms with van der Waals surface area (Å²) in [6.45, 7) is 2.00. The van der Waals surface area contributed by atoms with E-state index in [9.17, 15) is 4.79 Å². The number of anilines is 1. The lowest BCUT2D eigenvalue weighted by Gasteiger charge is -2.39. The molecule has 0 radical (unpaired) electrons. The molecule has 0 bridgehead atoms.